The highest BCUT2D eigenvalue weighted by Gasteiger charge is 2.23. The molecule has 124 valence electrons. The smallest absolute Gasteiger partial charge is 0.102 e. The molecule has 3 aromatic carbocycles. The molecule has 1 aromatic heterocycles. The fraction of sp³-hybridized carbons (Fsp3) is 0.0417. The number of nitriles is 1. The number of aromatic nitrogens is 1. The normalized spacial score (nSPS) is 10.5. The zero-order chi connectivity index (χ0) is 17.9. The Morgan fingerprint density at radius 1 is 0.615 bits per heavy atom. The first-order valence-corrected chi connectivity index (χ1v) is 8.60. The first-order chi connectivity index (χ1) is 12.8. The summed E-state index contributed by atoms with van der Waals surface area (Å²) in [5.41, 5.74) is 6.92. The zero-order valence-corrected chi connectivity index (χ0v) is 14.6. The van der Waals surface area contributed by atoms with Gasteiger partial charge in [-0.2, -0.15) is 5.26 Å². The molecule has 4 rings (SSSR count). The van der Waals surface area contributed by atoms with Gasteiger partial charge in [0.25, 0.3) is 0 Å². The SMILES string of the molecule is Cn1c(-c2ccccc2)c(C#N)c(-c2ccccc2)c1-c1ccccc1. The first-order valence-electron chi connectivity index (χ1n) is 8.60. The molecule has 2 nitrogen and oxygen atoms in total. The lowest BCUT2D eigenvalue weighted by Crippen LogP contribution is -1.95. The summed E-state index contributed by atoms with van der Waals surface area (Å²) < 4.78 is 2.14. The molecule has 0 N–H and O–H groups in total. The lowest BCUT2D eigenvalue weighted by Gasteiger charge is -2.10. The fourth-order valence-corrected chi connectivity index (χ4v) is 3.55. The Balaban J connectivity index is 2.11. The lowest BCUT2D eigenvalue weighted by atomic mass is 9.96. The summed E-state index contributed by atoms with van der Waals surface area (Å²) in [6.45, 7) is 0. The number of hydrogen-bond donors (Lipinski definition) is 0. The Morgan fingerprint density at radius 3 is 1.50 bits per heavy atom. The van der Waals surface area contributed by atoms with Gasteiger partial charge in [-0.1, -0.05) is 91.0 Å². The second-order valence-electron chi connectivity index (χ2n) is 6.22. The molecule has 0 atom stereocenters. The standard InChI is InChI=1S/C24H18N2/c1-26-23(19-13-7-3-8-14-19)21(17-25)22(18-11-5-2-6-12-18)24(26)20-15-9-4-10-16-20/h2-16H,1H3. The second kappa shape index (κ2) is 6.74. The monoisotopic (exact) mass is 334 g/mol. The molecule has 4 aromatic rings. The number of hydrogen-bond acceptors (Lipinski definition) is 1. The van der Waals surface area contributed by atoms with Crippen molar-refractivity contribution in [1.29, 1.82) is 5.26 Å². The van der Waals surface area contributed by atoms with Crippen LogP contribution in [0.15, 0.2) is 91.0 Å². The van der Waals surface area contributed by atoms with E-state index < -0.39 is 0 Å². The average Bonchev–Trinajstić information content (AvgIpc) is 3.02. The van der Waals surface area contributed by atoms with E-state index in [1.165, 1.54) is 0 Å². The van der Waals surface area contributed by atoms with Crippen molar-refractivity contribution in [2.75, 3.05) is 0 Å². The largest absolute Gasteiger partial charge is 0.342 e. The maximum Gasteiger partial charge on any atom is 0.102 e. The van der Waals surface area contributed by atoms with E-state index in [-0.39, 0.29) is 0 Å². The molecule has 0 aliphatic carbocycles. The van der Waals surface area contributed by atoms with E-state index >= 15 is 0 Å². The highest BCUT2D eigenvalue weighted by atomic mass is 15.0. The van der Waals surface area contributed by atoms with Gasteiger partial charge in [0, 0.05) is 12.6 Å². The van der Waals surface area contributed by atoms with E-state index in [0.29, 0.717) is 5.56 Å². The molecule has 0 spiro atoms. The zero-order valence-electron chi connectivity index (χ0n) is 14.6. The van der Waals surface area contributed by atoms with E-state index in [2.05, 4.69) is 47.0 Å². The Bertz CT molecular complexity index is 1070. The third-order valence-electron chi connectivity index (χ3n) is 4.66. The van der Waals surface area contributed by atoms with Crippen LogP contribution in [0, 0.1) is 11.3 Å². The van der Waals surface area contributed by atoms with E-state index in [1.807, 2.05) is 61.6 Å². The molecule has 0 saturated carbocycles. The van der Waals surface area contributed by atoms with Crippen LogP contribution < -0.4 is 0 Å². The van der Waals surface area contributed by atoms with Gasteiger partial charge in [-0.3, -0.25) is 0 Å². The third kappa shape index (κ3) is 2.60. The summed E-state index contributed by atoms with van der Waals surface area (Å²) in [5, 5.41) is 10.0. The van der Waals surface area contributed by atoms with Crippen molar-refractivity contribution in [2.24, 2.45) is 7.05 Å². The van der Waals surface area contributed by atoms with Crippen molar-refractivity contribution < 1.29 is 0 Å². The van der Waals surface area contributed by atoms with Gasteiger partial charge in [0.1, 0.15) is 6.07 Å². The number of nitrogens with zero attached hydrogens (tertiary/aromatic N) is 2. The first kappa shape index (κ1) is 15.9. The molecule has 0 fully saturated rings. The topological polar surface area (TPSA) is 28.7 Å². The van der Waals surface area contributed by atoms with Gasteiger partial charge in [0.15, 0.2) is 0 Å². The molecule has 0 aliphatic rings. The highest BCUT2D eigenvalue weighted by Crippen LogP contribution is 2.42. The van der Waals surface area contributed by atoms with Crippen LogP contribution in [0.3, 0.4) is 0 Å². The van der Waals surface area contributed by atoms with Crippen LogP contribution in [0.1, 0.15) is 5.56 Å². The minimum Gasteiger partial charge on any atom is -0.342 e. The maximum atomic E-state index is 10.0. The van der Waals surface area contributed by atoms with Crippen molar-refractivity contribution >= 4 is 0 Å². The summed E-state index contributed by atoms with van der Waals surface area (Å²) in [6.07, 6.45) is 0. The van der Waals surface area contributed by atoms with Crippen molar-refractivity contribution in [1.82, 2.24) is 4.57 Å². The van der Waals surface area contributed by atoms with E-state index in [0.717, 1.165) is 33.6 Å². The predicted molar refractivity (Wildman–Crippen MR) is 106 cm³/mol. The summed E-state index contributed by atoms with van der Waals surface area (Å²) >= 11 is 0. The van der Waals surface area contributed by atoms with Gasteiger partial charge >= 0.3 is 0 Å². The molecule has 1 heterocycles. The van der Waals surface area contributed by atoms with Gasteiger partial charge < -0.3 is 4.57 Å². The van der Waals surface area contributed by atoms with Gasteiger partial charge in [-0.25, -0.2) is 0 Å². The van der Waals surface area contributed by atoms with E-state index in [9.17, 15) is 5.26 Å². The summed E-state index contributed by atoms with van der Waals surface area (Å²) in [7, 11) is 2.04. The summed E-state index contributed by atoms with van der Waals surface area (Å²) in [6, 6.07) is 33.0. The molecule has 0 aliphatic heterocycles. The van der Waals surface area contributed by atoms with Crippen molar-refractivity contribution in [3.05, 3.63) is 96.6 Å². The van der Waals surface area contributed by atoms with Crippen LogP contribution in [-0.4, -0.2) is 4.57 Å². The van der Waals surface area contributed by atoms with E-state index in [1.54, 1.807) is 0 Å². The van der Waals surface area contributed by atoms with Crippen molar-refractivity contribution in [2.45, 2.75) is 0 Å². The molecule has 0 saturated heterocycles. The van der Waals surface area contributed by atoms with Crippen molar-refractivity contribution in [3.8, 4) is 39.7 Å². The molecule has 2 heteroatoms. The molecule has 0 bridgehead atoms. The minimum atomic E-state index is 0.712. The summed E-state index contributed by atoms with van der Waals surface area (Å²) in [5.74, 6) is 0. The molecule has 0 amide bonds. The van der Waals surface area contributed by atoms with Gasteiger partial charge in [0.05, 0.1) is 17.0 Å². The van der Waals surface area contributed by atoms with Gasteiger partial charge in [0.2, 0.25) is 0 Å². The fourth-order valence-electron chi connectivity index (χ4n) is 3.55. The lowest BCUT2D eigenvalue weighted by molar-refractivity contribution is 0.945. The highest BCUT2D eigenvalue weighted by molar-refractivity contribution is 5.92. The Kier molecular flexibility index (Phi) is 4.13. The maximum absolute atomic E-state index is 10.0. The minimum absolute atomic E-state index is 0.712. The molecular weight excluding hydrogens is 316 g/mol. The van der Waals surface area contributed by atoms with Gasteiger partial charge in [-0.05, 0) is 16.7 Å². The Morgan fingerprint density at radius 2 is 1.04 bits per heavy atom. The van der Waals surface area contributed by atoms with Crippen molar-refractivity contribution in [3.63, 3.8) is 0 Å². The third-order valence-corrected chi connectivity index (χ3v) is 4.66. The number of benzene rings is 3. The summed E-state index contributed by atoms with van der Waals surface area (Å²) in [4.78, 5) is 0. The second-order valence-corrected chi connectivity index (χ2v) is 6.22. The average molecular weight is 334 g/mol. The quantitative estimate of drug-likeness (QED) is 0.458. The molecule has 26 heavy (non-hydrogen) atoms. The Hall–Kier alpha value is -3.57. The van der Waals surface area contributed by atoms with Crippen LogP contribution in [0.4, 0.5) is 0 Å². The molecule has 0 unspecified atom stereocenters. The van der Waals surface area contributed by atoms with Crippen LogP contribution in [0.5, 0.6) is 0 Å². The predicted octanol–water partition coefficient (Wildman–Crippen LogP) is 5.90. The van der Waals surface area contributed by atoms with Crippen LogP contribution >= 0.6 is 0 Å². The Labute approximate surface area is 153 Å². The van der Waals surface area contributed by atoms with Gasteiger partial charge in [-0.15, -0.1) is 0 Å². The van der Waals surface area contributed by atoms with Crippen LogP contribution in [0.2, 0.25) is 0 Å². The number of rotatable bonds is 3. The van der Waals surface area contributed by atoms with E-state index in [4.69, 9.17) is 0 Å². The van der Waals surface area contributed by atoms with Crippen LogP contribution in [-0.2, 0) is 7.05 Å². The molecular formula is C24H18N2. The van der Waals surface area contributed by atoms with Crippen LogP contribution in [0.25, 0.3) is 33.6 Å². The molecule has 0 radical (unpaired) electrons.